The largest absolute Gasteiger partial charge is 0.394 e. The van der Waals surface area contributed by atoms with Crippen molar-refractivity contribution in [3.05, 3.63) is 0 Å². The molecule has 7 nitrogen and oxygen atoms in total. The first-order chi connectivity index (χ1) is 7.10. The lowest BCUT2D eigenvalue weighted by Gasteiger charge is -2.15. The van der Waals surface area contributed by atoms with Crippen LogP contribution in [0.4, 0.5) is 0 Å². The van der Waals surface area contributed by atoms with E-state index in [0.717, 1.165) is 0 Å². The predicted molar refractivity (Wildman–Crippen MR) is 49.0 cm³/mol. The Kier molecular flexibility index (Phi) is 8.82. The molecule has 0 heterocycles. The fraction of sp³-hybridized carbons (Fsp3) is 1.00. The van der Waals surface area contributed by atoms with E-state index in [9.17, 15) is 0 Å². The van der Waals surface area contributed by atoms with Crippen LogP contribution in [0, 0.1) is 0 Å². The summed E-state index contributed by atoms with van der Waals surface area (Å²) >= 11 is 0. The van der Waals surface area contributed by atoms with E-state index in [-0.39, 0.29) is 19.8 Å². The van der Waals surface area contributed by atoms with Crippen LogP contribution in [0.25, 0.3) is 0 Å². The smallest absolute Gasteiger partial charge is 0.178 e. The molecule has 0 aliphatic carbocycles. The van der Waals surface area contributed by atoms with Gasteiger partial charge in [-0.1, -0.05) is 0 Å². The summed E-state index contributed by atoms with van der Waals surface area (Å²) in [6, 6.07) is 0. The Labute approximate surface area is 87.5 Å². The van der Waals surface area contributed by atoms with Gasteiger partial charge in [-0.05, 0) is 0 Å². The molecule has 0 bridgehead atoms. The Morgan fingerprint density at radius 3 is 1.87 bits per heavy atom. The molecule has 0 aromatic carbocycles. The molecule has 0 aromatic rings. The molecule has 92 valence electrons. The quantitative estimate of drug-likeness (QED) is 0.266. The topological polar surface area (TPSA) is 120 Å². The minimum absolute atomic E-state index is 0.112. The van der Waals surface area contributed by atoms with E-state index in [2.05, 4.69) is 4.74 Å². The van der Waals surface area contributed by atoms with Crippen molar-refractivity contribution in [1.82, 2.24) is 0 Å². The van der Waals surface area contributed by atoms with Crippen LogP contribution in [0.15, 0.2) is 0 Å². The lowest BCUT2D eigenvalue weighted by atomic mass is 10.4. The summed E-state index contributed by atoms with van der Waals surface area (Å²) in [6.07, 6.45) is -3.26. The van der Waals surface area contributed by atoms with Crippen molar-refractivity contribution in [2.75, 3.05) is 33.0 Å². The predicted octanol–water partition coefficient (Wildman–Crippen LogP) is -2.96. The van der Waals surface area contributed by atoms with Crippen LogP contribution in [-0.2, 0) is 9.47 Å². The maximum atomic E-state index is 9.10. The fourth-order valence-corrected chi connectivity index (χ4v) is 0.681. The highest BCUT2D eigenvalue weighted by molar-refractivity contribution is 4.52. The van der Waals surface area contributed by atoms with Crippen molar-refractivity contribution >= 4 is 0 Å². The molecule has 7 heteroatoms. The number of aliphatic hydroxyl groups excluding tert-OH is 5. The van der Waals surface area contributed by atoms with E-state index in [0.29, 0.717) is 0 Å². The van der Waals surface area contributed by atoms with Gasteiger partial charge < -0.3 is 35.0 Å². The van der Waals surface area contributed by atoms with Gasteiger partial charge in [0.05, 0.1) is 33.0 Å². The summed E-state index contributed by atoms with van der Waals surface area (Å²) in [5.74, 6) is 0. The van der Waals surface area contributed by atoms with Crippen LogP contribution >= 0.6 is 0 Å². The van der Waals surface area contributed by atoms with Crippen molar-refractivity contribution in [3.63, 3.8) is 0 Å². The van der Waals surface area contributed by atoms with Gasteiger partial charge in [0.2, 0.25) is 0 Å². The van der Waals surface area contributed by atoms with Crippen molar-refractivity contribution in [2.24, 2.45) is 0 Å². The van der Waals surface area contributed by atoms with Crippen LogP contribution in [-0.4, -0.2) is 77.1 Å². The molecular formula is C8H18O7. The zero-order chi connectivity index (χ0) is 11.7. The number of hydrogen-bond donors (Lipinski definition) is 5. The number of ether oxygens (including phenoxy) is 2. The molecule has 0 radical (unpaired) electrons. The molecule has 15 heavy (non-hydrogen) atoms. The van der Waals surface area contributed by atoms with E-state index < -0.39 is 31.7 Å². The highest BCUT2D eigenvalue weighted by atomic mass is 16.6. The van der Waals surface area contributed by atoms with Crippen molar-refractivity contribution < 1.29 is 35.0 Å². The van der Waals surface area contributed by atoms with E-state index in [1.54, 1.807) is 0 Å². The summed E-state index contributed by atoms with van der Waals surface area (Å²) in [5.41, 5.74) is 0. The average molecular weight is 226 g/mol. The Hall–Kier alpha value is -0.280. The molecule has 0 aromatic heterocycles. The van der Waals surface area contributed by atoms with Gasteiger partial charge in [0.15, 0.2) is 6.29 Å². The van der Waals surface area contributed by atoms with Crippen LogP contribution in [0.5, 0.6) is 0 Å². The fourth-order valence-electron chi connectivity index (χ4n) is 0.681. The molecule has 5 N–H and O–H groups in total. The molecular weight excluding hydrogens is 208 g/mol. The second-order valence-electron chi connectivity index (χ2n) is 3.00. The number of aliphatic hydroxyl groups is 5. The van der Waals surface area contributed by atoms with Crippen molar-refractivity contribution in [2.45, 2.75) is 18.5 Å². The first-order valence-electron chi connectivity index (χ1n) is 4.55. The van der Waals surface area contributed by atoms with Crippen LogP contribution < -0.4 is 0 Å². The first kappa shape index (κ1) is 14.7. The summed E-state index contributed by atoms with van der Waals surface area (Å²) in [7, 11) is 0. The zero-order valence-electron chi connectivity index (χ0n) is 8.32. The molecule has 0 aliphatic rings. The Morgan fingerprint density at radius 2 is 1.33 bits per heavy atom. The summed E-state index contributed by atoms with van der Waals surface area (Å²) in [4.78, 5) is 0. The maximum absolute atomic E-state index is 9.10. The zero-order valence-corrected chi connectivity index (χ0v) is 8.32. The molecule has 3 atom stereocenters. The normalized spacial score (nSPS) is 17.4. The van der Waals surface area contributed by atoms with E-state index in [1.807, 2.05) is 0 Å². The van der Waals surface area contributed by atoms with Gasteiger partial charge in [0.1, 0.15) is 12.2 Å². The standard InChI is InChI=1S/C8H18O7/c9-1-6(11)3-14-5-8(13)15-4-7(12)2-10/h6-13H,1-5H2. The highest BCUT2D eigenvalue weighted by Gasteiger charge is 2.09. The van der Waals surface area contributed by atoms with Gasteiger partial charge in [-0.2, -0.15) is 0 Å². The number of rotatable bonds is 9. The molecule has 0 rings (SSSR count). The van der Waals surface area contributed by atoms with Crippen molar-refractivity contribution in [3.8, 4) is 0 Å². The van der Waals surface area contributed by atoms with Gasteiger partial charge in [-0.3, -0.25) is 0 Å². The van der Waals surface area contributed by atoms with Crippen molar-refractivity contribution in [1.29, 1.82) is 0 Å². The number of hydrogen-bond acceptors (Lipinski definition) is 7. The molecule has 0 saturated heterocycles. The molecule has 0 amide bonds. The maximum Gasteiger partial charge on any atom is 0.178 e. The van der Waals surface area contributed by atoms with Crippen LogP contribution in [0.3, 0.4) is 0 Å². The Balaban J connectivity index is 3.37. The summed E-state index contributed by atoms with van der Waals surface area (Å²) in [6.45, 7) is -1.37. The minimum atomic E-state index is -1.24. The van der Waals surface area contributed by atoms with Gasteiger partial charge in [-0.25, -0.2) is 0 Å². The molecule has 0 fully saturated rings. The van der Waals surface area contributed by atoms with Gasteiger partial charge >= 0.3 is 0 Å². The van der Waals surface area contributed by atoms with E-state index in [4.69, 9.17) is 30.3 Å². The molecule has 0 aliphatic heterocycles. The van der Waals surface area contributed by atoms with Gasteiger partial charge in [0.25, 0.3) is 0 Å². The highest BCUT2D eigenvalue weighted by Crippen LogP contribution is 1.93. The van der Waals surface area contributed by atoms with E-state index >= 15 is 0 Å². The summed E-state index contributed by atoms with van der Waals surface area (Å²) < 4.78 is 9.47. The lowest BCUT2D eigenvalue weighted by molar-refractivity contribution is -0.161. The Morgan fingerprint density at radius 1 is 0.800 bits per heavy atom. The van der Waals surface area contributed by atoms with E-state index in [1.165, 1.54) is 0 Å². The second kappa shape index (κ2) is 8.98. The minimum Gasteiger partial charge on any atom is -0.394 e. The third-order valence-corrected chi connectivity index (χ3v) is 1.47. The van der Waals surface area contributed by atoms with Crippen LogP contribution in [0.2, 0.25) is 0 Å². The third-order valence-electron chi connectivity index (χ3n) is 1.47. The lowest BCUT2D eigenvalue weighted by Crippen LogP contribution is -2.29. The SMILES string of the molecule is OCC(O)COCC(O)OCC(O)CO. The third kappa shape index (κ3) is 8.70. The molecule has 3 unspecified atom stereocenters. The van der Waals surface area contributed by atoms with Gasteiger partial charge in [0, 0.05) is 0 Å². The second-order valence-corrected chi connectivity index (χ2v) is 3.00. The average Bonchev–Trinajstić information content (AvgIpc) is 2.25. The first-order valence-corrected chi connectivity index (χ1v) is 4.55. The van der Waals surface area contributed by atoms with Crippen LogP contribution in [0.1, 0.15) is 0 Å². The van der Waals surface area contributed by atoms with Gasteiger partial charge in [-0.15, -0.1) is 0 Å². The Bertz CT molecular complexity index is 143. The summed E-state index contributed by atoms with van der Waals surface area (Å²) in [5, 5.41) is 43.7. The molecule has 0 spiro atoms. The molecule has 0 saturated carbocycles. The monoisotopic (exact) mass is 226 g/mol.